The van der Waals surface area contributed by atoms with E-state index in [-0.39, 0.29) is 0 Å². The summed E-state index contributed by atoms with van der Waals surface area (Å²) in [5.74, 6) is 0. The third-order valence-electron chi connectivity index (χ3n) is 3.35. The summed E-state index contributed by atoms with van der Waals surface area (Å²) in [6.45, 7) is 3.19. The molecular formula is C18H26N4S4. The topological polar surface area (TPSA) is 31.2 Å². The van der Waals surface area contributed by atoms with Crippen LogP contribution in [0, 0.1) is 0 Å². The molecule has 0 saturated carbocycles. The Morgan fingerprint density at radius 2 is 1.19 bits per heavy atom. The minimum absolute atomic E-state index is 0.666. The predicted octanol–water partition coefficient (Wildman–Crippen LogP) is 4.05. The van der Waals surface area contributed by atoms with Crippen LogP contribution in [0.1, 0.15) is 20.9 Å². The maximum absolute atomic E-state index is 4.54. The van der Waals surface area contributed by atoms with Crippen LogP contribution in [0.3, 0.4) is 0 Å². The van der Waals surface area contributed by atoms with Gasteiger partial charge >= 0.3 is 0 Å². The standard InChI is InChI=1S/C18H26N4S4/c1-21(2)11-15-7-13(17(23)25-15)9-19-5-6-20-10-14-8-16(12-22(3)4)26-18(14)24/h7-10,23-24H,5-6,11-12H2,1-4H3. The van der Waals surface area contributed by atoms with Gasteiger partial charge in [-0.15, -0.1) is 47.9 Å². The van der Waals surface area contributed by atoms with Crippen LogP contribution in [-0.2, 0) is 13.1 Å². The van der Waals surface area contributed by atoms with Gasteiger partial charge < -0.3 is 9.80 Å². The molecule has 0 aliphatic carbocycles. The lowest BCUT2D eigenvalue weighted by molar-refractivity contribution is 0.406. The average molecular weight is 427 g/mol. The number of thiol groups is 2. The van der Waals surface area contributed by atoms with E-state index in [1.165, 1.54) is 9.75 Å². The molecule has 0 N–H and O–H groups in total. The fourth-order valence-corrected chi connectivity index (χ4v) is 5.22. The first-order valence-electron chi connectivity index (χ1n) is 8.27. The van der Waals surface area contributed by atoms with E-state index in [2.05, 4.69) is 85.4 Å². The van der Waals surface area contributed by atoms with E-state index in [1.54, 1.807) is 22.7 Å². The van der Waals surface area contributed by atoms with E-state index < -0.39 is 0 Å². The summed E-state index contributed by atoms with van der Waals surface area (Å²) in [5.41, 5.74) is 2.17. The summed E-state index contributed by atoms with van der Waals surface area (Å²) < 4.78 is 2.03. The molecule has 0 saturated heterocycles. The number of rotatable bonds is 9. The van der Waals surface area contributed by atoms with E-state index >= 15 is 0 Å². The van der Waals surface area contributed by atoms with Gasteiger partial charge in [-0.1, -0.05) is 0 Å². The molecule has 0 spiro atoms. The molecule has 2 heterocycles. The average Bonchev–Trinajstić information content (AvgIpc) is 3.04. The Kier molecular flexibility index (Phi) is 8.86. The van der Waals surface area contributed by atoms with Crippen molar-refractivity contribution < 1.29 is 0 Å². The van der Waals surface area contributed by atoms with E-state index in [0.717, 1.165) is 32.6 Å². The number of nitrogens with zero attached hydrogens (tertiary/aromatic N) is 4. The smallest absolute Gasteiger partial charge is 0.0659 e. The highest BCUT2D eigenvalue weighted by Gasteiger charge is 2.06. The number of thiophene rings is 2. The van der Waals surface area contributed by atoms with Crippen molar-refractivity contribution >= 4 is 60.4 Å². The predicted molar refractivity (Wildman–Crippen MR) is 123 cm³/mol. The Hall–Kier alpha value is -0.640. The van der Waals surface area contributed by atoms with Crippen LogP contribution in [-0.4, -0.2) is 63.5 Å². The zero-order valence-corrected chi connectivity index (χ0v) is 19.1. The largest absolute Gasteiger partial charge is 0.304 e. The van der Waals surface area contributed by atoms with Crippen molar-refractivity contribution in [2.45, 2.75) is 21.5 Å². The second-order valence-electron chi connectivity index (χ2n) is 6.49. The van der Waals surface area contributed by atoms with Gasteiger partial charge in [0.2, 0.25) is 0 Å². The summed E-state index contributed by atoms with van der Waals surface area (Å²) in [6.07, 6.45) is 3.80. The van der Waals surface area contributed by atoms with Gasteiger partial charge in [-0.2, -0.15) is 0 Å². The van der Waals surface area contributed by atoms with Crippen LogP contribution >= 0.6 is 47.9 Å². The van der Waals surface area contributed by atoms with Crippen LogP contribution in [0.25, 0.3) is 0 Å². The van der Waals surface area contributed by atoms with Crippen molar-refractivity contribution in [2.24, 2.45) is 9.98 Å². The highest BCUT2D eigenvalue weighted by Crippen LogP contribution is 2.26. The Labute approximate surface area is 175 Å². The molecule has 4 nitrogen and oxygen atoms in total. The monoisotopic (exact) mass is 426 g/mol. The molecule has 0 radical (unpaired) electrons. The quantitative estimate of drug-likeness (QED) is 0.360. The summed E-state index contributed by atoms with van der Waals surface area (Å²) in [4.78, 5) is 15.8. The number of aliphatic imine (C=N–C) groups is 2. The van der Waals surface area contributed by atoms with Crippen LogP contribution in [0.2, 0.25) is 0 Å². The Morgan fingerprint density at radius 1 is 0.808 bits per heavy atom. The summed E-state index contributed by atoms with van der Waals surface area (Å²) >= 11 is 12.5. The molecule has 142 valence electrons. The third kappa shape index (κ3) is 7.17. The summed E-state index contributed by atoms with van der Waals surface area (Å²) in [7, 11) is 8.27. The lowest BCUT2D eigenvalue weighted by Gasteiger charge is -2.05. The van der Waals surface area contributed by atoms with Gasteiger partial charge in [-0.3, -0.25) is 9.98 Å². The fourth-order valence-electron chi connectivity index (χ4n) is 2.30. The molecular weight excluding hydrogens is 400 g/mol. The van der Waals surface area contributed by atoms with E-state index in [4.69, 9.17) is 0 Å². The van der Waals surface area contributed by atoms with Gasteiger partial charge in [0.15, 0.2) is 0 Å². The van der Waals surface area contributed by atoms with Gasteiger partial charge in [0, 0.05) is 46.4 Å². The third-order valence-corrected chi connectivity index (χ3v) is 6.29. The molecule has 0 unspecified atom stereocenters. The molecule has 2 rings (SSSR count). The Balaban J connectivity index is 1.83. The molecule has 0 amide bonds. The van der Waals surface area contributed by atoms with E-state index in [1.807, 2.05) is 12.4 Å². The van der Waals surface area contributed by atoms with Crippen molar-refractivity contribution in [3.63, 3.8) is 0 Å². The first kappa shape index (κ1) is 21.7. The molecule has 2 aromatic rings. The normalized spacial score (nSPS) is 12.5. The van der Waals surface area contributed by atoms with Crippen molar-refractivity contribution in [3.05, 3.63) is 33.0 Å². The van der Waals surface area contributed by atoms with Crippen molar-refractivity contribution in [2.75, 3.05) is 41.3 Å². The second kappa shape index (κ2) is 10.6. The lowest BCUT2D eigenvalue weighted by Crippen LogP contribution is -2.09. The first-order chi connectivity index (χ1) is 12.3. The molecule has 8 heteroatoms. The molecule has 0 fully saturated rings. The highest BCUT2D eigenvalue weighted by atomic mass is 32.2. The Morgan fingerprint density at radius 3 is 1.54 bits per heavy atom. The maximum Gasteiger partial charge on any atom is 0.0659 e. The molecule has 0 aliphatic rings. The highest BCUT2D eigenvalue weighted by molar-refractivity contribution is 7.83. The second-order valence-corrected chi connectivity index (χ2v) is 10.3. The molecule has 0 aromatic carbocycles. The molecule has 2 aromatic heterocycles. The maximum atomic E-state index is 4.54. The minimum Gasteiger partial charge on any atom is -0.304 e. The SMILES string of the molecule is CN(C)Cc1cc(C=NCCN=Cc2cc(CN(C)C)sc2S)c(S)s1. The van der Waals surface area contributed by atoms with Crippen LogP contribution in [0.15, 0.2) is 30.5 Å². The zero-order chi connectivity index (χ0) is 19.1. The van der Waals surface area contributed by atoms with Crippen molar-refractivity contribution in [1.29, 1.82) is 0 Å². The summed E-state index contributed by atoms with van der Waals surface area (Å²) in [6, 6.07) is 4.31. The molecule has 26 heavy (non-hydrogen) atoms. The molecule has 0 bridgehead atoms. The minimum atomic E-state index is 0.666. The van der Waals surface area contributed by atoms with Crippen molar-refractivity contribution in [3.8, 4) is 0 Å². The first-order valence-corrected chi connectivity index (χ1v) is 10.8. The van der Waals surface area contributed by atoms with Crippen LogP contribution in [0.5, 0.6) is 0 Å². The van der Waals surface area contributed by atoms with Gasteiger partial charge in [-0.25, -0.2) is 0 Å². The number of hydrogen-bond donors (Lipinski definition) is 2. The van der Waals surface area contributed by atoms with E-state index in [0.29, 0.717) is 13.1 Å². The Bertz CT molecular complexity index is 695. The number of hydrogen-bond acceptors (Lipinski definition) is 8. The van der Waals surface area contributed by atoms with Gasteiger partial charge in [0.1, 0.15) is 0 Å². The van der Waals surface area contributed by atoms with Gasteiger partial charge in [-0.05, 0) is 40.3 Å². The lowest BCUT2D eigenvalue weighted by atomic mass is 10.3. The van der Waals surface area contributed by atoms with Crippen LogP contribution < -0.4 is 0 Å². The van der Waals surface area contributed by atoms with Crippen LogP contribution in [0.4, 0.5) is 0 Å². The van der Waals surface area contributed by atoms with Crippen molar-refractivity contribution in [1.82, 2.24) is 9.80 Å². The van der Waals surface area contributed by atoms with Gasteiger partial charge in [0.25, 0.3) is 0 Å². The molecule has 0 aliphatic heterocycles. The molecule has 0 atom stereocenters. The van der Waals surface area contributed by atoms with Gasteiger partial charge in [0.05, 0.1) is 21.5 Å². The van der Waals surface area contributed by atoms with E-state index in [9.17, 15) is 0 Å². The summed E-state index contributed by atoms with van der Waals surface area (Å²) in [5, 5.41) is 0. The fraction of sp³-hybridized carbons (Fsp3) is 0.444. The zero-order valence-electron chi connectivity index (χ0n) is 15.6.